The fraction of sp³-hybridized carbons (Fsp3) is 0.436. The number of benzene rings is 3. The summed E-state index contributed by atoms with van der Waals surface area (Å²) in [7, 11) is 10.4. The van der Waals surface area contributed by atoms with E-state index in [1.54, 1.807) is 5.20 Å². The van der Waals surface area contributed by atoms with E-state index in [4.69, 9.17) is 0 Å². The molecule has 0 N–H and O–H groups in total. The van der Waals surface area contributed by atoms with Crippen LogP contribution in [0, 0.1) is 47.5 Å². The zero-order valence-corrected chi connectivity index (χ0v) is 30.9. The van der Waals surface area contributed by atoms with Gasteiger partial charge in [0.25, 0.3) is 0 Å². The highest BCUT2D eigenvalue weighted by molar-refractivity contribution is 7.18. The summed E-state index contributed by atoms with van der Waals surface area (Å²) in [5.74, 6) is 0.344. The third-order valence-corrected chi connectivity index (χ3v) is 16.0. The lowest BCUT2D eigenvalue weighted by atomic mass is 10.1. The Hall–Kier alpha value is -3.24. The van der Waals surface area contributed by atoms with Crippen LogP contribution in [0.2, 0.25) is 0 Å². The number of rotatable bonds is 7. The molecule has 0 amide bonds. The van der Waals surface area contributed by atoms with Crippen LogP contribution in [0.5, 0.6) is 0 Å². The molecule has 0 heterocycles. The van der Waals surface area contributed by atoms with E-state index < -0.39 is 8.07 Å². The summed E-state index contributed by atoms with van der Waals surface area (Å²) >= 11 is 0. The minimum absolute atomic E-state index is 0.344. The molecular weight excluding hydrogens is 539 g/mol. The van der Waals surface area contributed by atoms with Gasteiger partial charge in [-0.15, -0.1) is 0 Å². The first kappa shape index (κ1) is 32.7. The fourth-order valence-corrected chi connectivity index (χ4v) is 14.5. The predicted octanol–water partition coefficient (Wildman–Crippen LogP) is 7.05. The van der Waals surface area contributed by atoms with Crippen LogP contribution in [-0.2, 0) is 0 Å². The Morgan fingerprint density at radius 3 is 1.00 bits per heavy atom. The lowest BCUT2D eigenvalue weighted by molar-refractivity contribution is 0.851. The normalized spacial score (nSPS) is 15.5. The van der Waals surface area contributed by atoms with Crippen LogP contribution in [0.25, 0.3) is 0 Å². The molecule has 3 aromatic carbocycles. The molecule has 3 nitrogen and oxygen atoms in total. The second-order valence-electron chi connectivity index (χ2n) is 13.7. The number of nitrogens with zero attached hydrogens (tertiary/aromatic N) is 3. The molecule has 43 heavy (non-hydrogen) atoms. The molecule has 4 rings (SSSR count). The predicted molar refractivity (Wildman–Crippen MR) is 196 cm³/mol. The summed E-state index contributed by atoms with van der Waals surface area (Å²) in [5, 5.41) is 6.09. The minimum atomic E-state index is -2.97. The third kappa shape index (κ3) is 4.86. The molecule has 0 saturated heterocycles. The SMILES string of the molecule is CC1=C(C)C(C)C([Si](c2ccc(C)c(C)c2N(C)C)(c2ccc(C)c(C)c2N(C)C)c2ccc(C)c(C)c2N(C)C)=C1C. The van der Waals surface area contributed by atoms with Gasteiger partial charge in [0.15, 0.2) is 8.07 Å². The van der Waals surface area contributed by atoms with Crippen molar-refractivity contribution < 1.29 is 0 Å². The molecule has 4 heteroatoms. The van der Waals surface area contributed by atoms with Crippen molar-refractivity contribution >= 4 is 40.7 Å². The zero-order chi connectivity index (χ0) is 32.3. The Morgan fingerprint density at radius 1 is 0.465 bits per heavy atom. The fourth-order valence-electron chi connectivity index (χ4n) is 7.88. The Morgan fingerprint density at radius 2 is 0.767 bits per heavy atom. The van der Waals surface area contributed by atoms with Crippen molar-refractivity contribution in [3.8, 4) is 0 Å². The molecule has 0 saturated carbocycles. The van der Waals surface area contributed by atoms with Crippen molar-refractivity contribution in [2.24, 2.45) is 5.92 Å². The van der Waals surface area contributed by atoms with E-state index in [2.05, 4.69) is 163 Å². The second kappa shape index (κ2) is 11.7. The Kier molecular flexibility index (Phi) is 8.88. The van der Waals surface area contributed by atoms with Crippen LogP contribution in [0.1, 0.15) is 61.1 Å². The van der Waals surface area contributed by atoms with Crippen LogP contribution < -0.4 is 30.3 Å². The van der Waals surface area contributed by atoms with Crippen molar-refractivity contribution in [3.05, 3.63) is 91.7 Å². The molecular formula is C39H55N3Si. The number of hydrogen-bond donors (Lipinski definition) is 0. The van der Waals surface area contributed by atoms with Gasteiger partial charge in [0.2, 0.25) is 0 Å². The van der Waals surface area contributed by atoms with Crippen LogP contribution in [0.4, 0.5) is 17.1 Å². The van der Waals surface area contributed by atoms with Gasteiger partial charge in [-0.25, -0.2) is 0 Å². The van der Waals surface area contributed by atoms with Crippen LogP contribution in [-0.4, -0.2) is 50.4 Å². The summed E-state index contributed by atoms with van der Waals surface area (Å²) in [6.07, 6.45) is 0. The Balaban J connectivity index is 2.50. The summed E-state index contributed by atoms with van der Waals surface area (Å²) < 4.78 is 0. The van der Waals surface area contributed by atoms with Gasteiger partial charge in [0, 0.05) is 59.3 Å². The van der Waals surface area contributed by atoms with E-state index in [-0.39, 0.29) is 0 Å². The third-order valence-electron chi connectivity index (χ3n) is 10.7. The first-order valence-corrected chi connectivity index (χ1v) is 17.7. The molecule has 3 aromatic rings. The van der Waals surface area contributed by atoms with Crippen molar-refractivity contribution in [2.45, 2.75) is 69.2 Å². The van der Waals surface area contributed by atoms with Crippen molar-refractivity contribution in [1.29, 1.82) is 0 Å². The zero-order valence-electron chi connectivity index (χ0n) is 29.9. The monoisotopic (exact) mass is 593 g/mol. The summed E-state index contributed by atoms with van der Waals surface area (Å²) in [5.41, 5.74) is 16.7. The average molecular weight is 594 g/mol. The summed E-state index contributed by atoms with van der Waals surface area (Å²) in [4.78, 5) is 7.15. The topological polar surface area (TPSA) is 9.72 Å². The Labute approximate surface area is 263 Å². The van der Waals surface area contributed by atoms with E-state index >= 15 is 0 Å². The van der Waals surface area contributed by atoms with Gasteiger partial charge in [0.05, 0.1) is 0 Å². The average Bonchev–Trinajstić information content (AvgIpc) is 3.12. The molecule has 1 atom stereocenters. The first-order chi connectivity index (χ1) is 20.0. The molecule has 0 spiro atoms. The van der Waals surface area contributed by atoms with E-state index in [9.17, 15) is 0 Å². The number of anilines is 3. The molecule has 1 unspecified atom stereocenters. The smallest absolute Gasteiger partial charge is 0.183 e. The lowest BCUT2D eigenvalue weighted by Crippen LogP contribution is -2.71. The van der Waals surface area contributed by atoms with Gasteiger partial charge in [-0.2, -0.15) is 0 Å². The van der Waals surface area contributed by atoms with Crippen LogP contribution in [0.3, 0.4) is 0 Å². The van der Waals surface area contributed by atoms with E-state index in [1.807, 2.05) is 0 Å². The number of allylic oxidation sites excluding steroid dienone is 4. The molecule has 230 valence electrons. The molecule has 0 bridgehead atoms. The molecule has 0 aromatic heterocycles. The van der Waals surface area contributed by atoms with Crippen molar-refractivity contribution in [3.63, 3.8) is 0 Å². The highest BCUT2D eigenvalue weighted by Crippen LogP contribution is 2.44. The standard InChI is InChI=1S/C39H55N3Si/c1-23-17-20-33(36(26(23)4)40(11)12)43(39-31(9)29(7)30(8)32(39)10,34-21-18-24(2)27(5)37(34)41(13)14)35-22-19-25(3)28(6)38(35)42(15)16/h17-22,31H,1-16H3. The van der Waals surface area contributed by atoms with Gasteiger partial charge >= 0.3 is 0 Å². The maximum Gasteiger partial charge on any atom is 0.183 e. The van der Waals surface area contributed by atoms with Gasteiger partial charge in [-0.3, -0.25) is 0 Å². The molecule has 0 fully saturated rings. The Bertz CT molecular complexity index is 1500. The summed E-state index contributed by atoms with van der Waals surface area (Å²) in [6, 6.07) is 14.7. The molecule has 0 radical (unpaired) electrons. The maximum absolute atomic E-state index is 2.97. The maximum atomic E-state index is 2.50. The van der Waals surface area contributed by atoms with Crippen molar-refractivity contribution in [1.82, 2.24) is 0 Å². The van der Waals surface area contributed by atoms with Gasteiger partial charge in [0.1, 0.15) is 0 Å². The van der Waals surface area contributed by atoms with E-state index in [0.29, 0.717) is 5.92 Å². The molecule has 1 aliphatic rings. The first-order valence-electron chi connectivity index (χ1n) is 15.7. The molecule has 0 aliphatic heterocycles. The van der Waals surface area contributed by atoms with Crippen LogP contribution >= 0.6 is 0 Å². The van der Waals surface area contributed by atoms with Gasteiger partial charge < -0.3 is 14.7 Å². The van der Waals surface area contributed by atoms with Crippen molar-refractivity contribution in [2.75, 3.05) is 57.0 Å². The summed E-state index contributed by atoms with van der Waals surface area (Å²) in [6.45, 7) is 23.3. The van der Waals surface area contributed by atoms with E-state index in [1.165, 1.54) is 82.7 Å². The highest BCUT2D eigenvalue weighted by Gasteiger charge is 2.52. The lowest BCUT2D eigenvalue weighted by Gasteiger charge is -2.44. The number of hydrogen-bond acceptors (Lipinski definition) is 3. The van der Waals surface area contributed by atoms with Gasteiger partial charge in [-0.1, -0.05) is 59.7 Å². The van der Waals surface area contributed by atoms with Gasteiger partial charge in [-0.05, 0) is 123 Å². The minimum Gasteiger partial charge on any atom is -0.377 e. The largest absolute Gasteiger partial charge is 0.377 e. The molecule has 1 aliphatic carbocycles. The highest BCUT2D eigenvalue weighted by atomic mass is 28.3. The van der Waals surface area contributed by atoms with Crippen LogP contribution in [0.15, 0.2) is 58.3 Å². The van der Waals surface area contributed by atoms with E-state index in [0.717, 1.165) is 0 Å². The quantitative estimate of drug-likeness (QED) is 0.215. The number of aryl methyl sites for hydroxylation is 3. The second-order valence-corrected chi connectivity index (χ2v) is 17.4.